The van der Waals surface area contributed by atoms with Gasteiger partial charge in [-0.15, -0.1) is 10.2 Å². The molecular weight excluding hydrogens is 430 g/mol. The molecule has 2 aromatic rings. The lowest BCUT2D eigenvalue weighted by atomic mass is 9.95. The number of likely N-dealkylation sites (tertiary alicyclic amines) is 1. The number of carboxylic acids is 1. The fraction of sp³-hybridized carbons (Fsp3) is 0.435. The number of rotatable bonds is 7. The molecule has 1 aromatic heterocycles. The Morgan fingerprint density at radius 1 is 1.19 bits per heavy atom. The van der Waals surface area contributed by atoms with E-state index in [4.69, 9.17) is 16.3 Å². The zero-order valence-corrected chi connectivity index (χ0v) is 19.0. The Balaban J connectivity index is 1.32. The van der Waals surface area contributed by atoms with E-state index in [9.17, 15) is 9.90 Å². The summed E-state index contributed by atoms with van der Waals surface area (Å²) in [7, 11) is 0. The van der Waals surface area contributed by atoms with Crippen LogP contribution < -0.4 is 5.32 Å². The fourth-order valence-electron chi connectivity index (χ4n) is 3.66. The monoisotopic (exact) mass is 457 g/mol. The number of aromatic amines is 1. The van der Waals surface area contributed by atoms with Gasteiger partial charge in [0, 0.05) is 35.8 Å². The molecule has 3 heterocycles. The summed E-state index contributed by atoms with van der Waals surface area (Å²) in [6.07, 6.45) is 5.98. The number of aliphatic carboxylic acids is 1. The smallest absolute Gasteiger partial charge is 0.311 e. The van der Waals surface area contributed by atoms with Crippen molar-refractivity contribution < 1.29 is 14.6 Å². The van der Waals surface area contributed by atoms with E-state index in [0.29, 0.717) is 17.4 Å². The van der Waals surface area contributed by atoms with E-state index in [1.165, 1.54) is 0 Å². The van der Waals surface area contributed by atoms with Crippen molar-refractivity contribution in [2.24, 2.45) is 5.41 Å². The van der Waals surface area contributed by atoms with E-state index >= 15 is 0 Å². The van der Waals surface area contributed by atoms with Crippen molar-refractivity contribution in [1.29, 1.82) is 0 Å². The van der Waals surface area contributed by atoms with E-state index in [-0.39, 0.29) is 12.7 Å². The van der Waals surface area contributed by atoms with Crippen LogP contribution in [-0.2, 0) is 9.53 Å². The number of piperidine rings is 1. The van der Waals surface area contributed by atoms with Crippen LogP contribution in [0, 0.1) is 5.41 Å². The number of ether oxygens (including phenoxy) is 1. The first-order valence-corrected chi connectivity index (χ1v) is 11.1. The molecule has 32 heavy (non-hydrogen) atoms. The average molecular weight is 458 g/mol. The molecule has 170 valence electrons. The van der Waals surface area contributed by atoms with Gasteiger partial charge in [0.15, 0.2) is 11.6 Å². The number of allylic oxidation sites excluding steroid dienone is 2. The highest BCUT2D eigenvalue weighted by molar-refractivity contribution is 6.30. The molecule has 3 N–H and O–H groups in total. The number of hydrogen-bond acceptors (Lipinski definition) is 6. The van der Waals surface area contributed by atoms with Gasteiger partial charge < -0.3 is 25.0 Å². The van der Waals surface area contributed by atoms with E-state index in [1.807, 2.05) is 24.3 Å². The Morgan fingerprint density at radius 2 is 1.88 bits per heavy atom. The van der Waals surface area contributed by atoms with Gasteiger partial charge in [-0.3, -0.25) is 4.79 Å². The summed E-state index contributed by atoms with van der Waals surface area (Å²) in [4.78, 5) is 16.8. The maximum Gasteiger partial charge on any atom is 0.311 e. The Bertz CT molecular complexity index is 1020. The highest BCUT2D eigenvalue weighted by Gasteiger charge is 2.30. The van der Waals surface area contributed by atoms with Crippen molar-refractivity contribution in [3.8, 4) is 11.4 Å². The molecule has 0 amide bonds. The summed E-state index contributed by atoms with van der Waals surface area (Å²) >= 11 is 5.95. The molecule has 0 bridgehead atoms. The molecule has 0 unspecified atom stereocenters. The molecular formula is C23H28ClN5O3. The molecule has 2 aliphatic rings. The van der Waals surface area contributed by atoms with Gasteiger partial charge >= 0.3 is 5.97 Å². The second kappa shape index (κ2) is 9.34. The topological polar surface area (TPSA) is 103 Å². The van der Waals surface area contributed by atoms with Crippen LogP contribution in [0.2, 0.25) is 5.02 Å². The van der Waals surface area contributed by atoms with E-state index < -0.39 is 11.4 Å². The third-order valence-corrected chi connectivity index (χ3v) is 6.10. The Kier molecular flexibility index (Phi) is 6.53. The number of carbonyl (C=O) groups is 1. The minimum atomic E-state index is -0.861. The number of carboxylic acid groups (broad SMARTS) is 1. The Labute approximate surface area is 192 Å². The maximum atomic E-state index is 11.2. The van der Waals surface area contributed by atoms with Crippen LogP contribution >= 0.6 is 11.6 Å². The number of aromatic nitrogens is 3. The molecule has 4 rings (SSSR count). The molecule has 2 aliphatic heterocycles. The van der Waals surface area contributed by atoms with Gasteiger partial charge in [0.25, 0.3) is 0 Å². The number of hydrogen-bond donors (Lipinski definition) is 3. The van der Waals surface area contributed by atoms with Gasteiger partial charge in [0.2, 0.25) is 0 Å². The number of halogens is 1. The van der Waals surface area contributed by atoms with Crippen LogP contribution in [0.5, 0.6) is 0 Å². The number of H-pyrrole nitrogens is 1. The average Bonchev–Trinajstić information content (AvgIpc) is 3.29. The molecule has 0 radical (unpaired) electrons. The highest BCUT2D eigenvalue weighted by atomic mass is 35.5. The van der Waals surface area contributed by atoms with Crippen LogP contribution in [0.25, 0.3) is 17.0 Å². The molecule has 9 heteroatoms. The van der Waals surface area contributed by atoms with Crippen LogP contribution in [0.1, 0.15) is 32.5 Å². The van der Waals surface area contributed by atoms with Gasteiger partial charge in [-0.25, -0.2) is 0 Å². The first-order chi connectivity index (χ1) is 15.3. The van der Waals surface area contributed by atoms with Crippen molar-refractivity contribution in [1.82, 2.24) is 25.4 Å². The zero-order valence-electron chi connectivity index (χ0n) is 18.3. The third-order valence-electron chi connectivity index (χ3n) is 5.85. The number of benzene rings is 1. The van der Waals surface area contributed by atoms with Crippen LogP contribution in [-0.4, -0.2) is 63.5 Å². The van der Waals surface area contributed by atoms with Crippen LogP contribution in [0.4, 0.5) is 0 Å². The Hall–Kier alpha value is -2.84. The fourth-order valence-corrected chi connectivity index (χ4v) is 3.78. The van der Waals surface area contributed by atoms with Crippen LogP contribution in [0.3, 0.4) is 0 Å². The highest BCUT2D eigenvalue weighted by Crippen LogP contribution is 2.24. The van der Waals surface area contributed by atoms with Gasteiger partial charge in [-0.05, 0) is 63.1 Å². The summed E-state index contributed by atoms with van der Waals surface area (Å²) in [6.45, 7) is 6.00. The van der Waals surface area contributed by atoms with E-state index in [2.05, 4.69) is 37.6 Å². The van der Waals surface area contributed by atoms with Crippen molar-refractivity contribution in [3.05, 3.63) is 53.1 Å². The first kappa shape index (κ1) is 22.4. The molecule has 1 fully saturated rings. The molecule has 1 aromatic carbocycles. The van der Waals surface area contributed by atoms with Gasteiger partial charge in [-0.1, -0.05) is 11.6 Å². The first-order valence-electron chi connectivity index (χ1n) is 10.8. The summed E-state index contributed by atoms with van der Waals surface area (Å²) in [6, 6.07) is 7.48. The molecule has 8 nitrogen and oxygen atoms in total. The van der Waals surface area contributed by atoms with Crippen molar-refractivity contribution in [3.63, 3.8) is 0 Å². The van der Waals surface area contributed by atoms with Crippen molar-refractivity contribution in [2.45, 2.75) is 32.8 Å². The lowest BCUT2D eigenvalue weighted by Gasteiger charge is -2.36. The quantitative estimate of drug-likeness (QED) is 0.584. The summed E-state index contributed by atoms with van der Waals surface area (Å²) < 4.78 is 5.88. The maximum absolute atomic E-state index is 11.2. The van der Waals surface area contributed by atoms with E-state index in [1.54, 1.807) is 13.8 Å². The van der Waals surface area contributed by atoms with Gasteiger partial charge in [-0.2, -0.15) is 0 Å². The van der Waals surface area contributed by atoms with Gasteiger partial charge in [0.05, 0.1) is 18.1 Å². The summed E-state index contributed by atoms with van der Waals surface area (Å²) in [5.41, 5.74) is 1.11. The second-order valence-electron chi connectivity index (χ2n) is 8.81. The lowest BCUT2D eigenvalue weighted by Crippen LogP contribution is -2.42. The Morgan fingerprint density at radius 3 is 2.50 bits per heavy atom. The minimum Gasteiger partial charge on any atom is -0.481 e. The largest absolute Gasteiger partial charge is 0.481 e. The van der Waals surface area contributed by atoms with Gasteiger partial charge in [0.1, 0.15) is 5.82 Å². The summed E-state index contributed by atoms with van der Waals surface area (Å²) in [5, 5.41) is 21.9. The molecule has 0 saturated carbocycles. The van der Waals surface area contributed by atoms with Crippen molar-refractivity contribution >= 4 is 23.1 Å². The number of dihydropyridines is 1. The minimum absolute atomic E-state index is 0.0978. The third kappa shape index (κ3) is 5.14. The SMILES string of the molecule is CC(C)(COC1CCN(C2=CC=C(c3nnc(-c4ccc(Cl)cc4)[nH]3)CN2)CC1)C(=O)O. The lowest BCUT2D eigenvalue weighted by molar-refractivity contribution is -0.152. The number of nitrogens with zero attached hydrogens (tertiary/aromatic N) is 3. The van der Waals surface area contributed by atoms with Crippen molar-refractivity contribution in [2.75, 3.05) is 26.2 Å². The predicted octanol–water partition coefficient (Wildman–Crippen LogP) is 3.54. The predicted molar refractivity (Wildman–Crippen MR) is 123 cm³/mol. The second-order valence-corrected chi connectivity index (χ2v) is 9.25. The molecule has 0 atom stereocenters. The molecule has 0 aliphatic carbocycles. The molecule has 1 saturated heterocycles. The number of nitrogens with one attached hydrogen (secondary N) is 2. The zero-order chi connectivity index (χ0) is 22.7. The van der Waals surface area contributed by atoms with Crippen LogP contribution in [0.15, 0.2) is 42.2 Å². The molecule has 0 spiro atoms. The normalized spacial score (nSPS) is 17.5. The standard InChI is InChI=1S/C23H28ClN5O3/c1-23(2,22(30)31)14-32-18-9-11-29(12-10-18)19-8-5-16(13-25-19)21-26-20(27-28-21)15-3-6-17(24)7-4-15/h3-8,18,25H,9-14H2,1-2H3,(H,30,31)(H,26,27,28). The summed E-state index contributed by atoms with van der Waals surface area (Å²) in [5.74, 6) is 1.70. The van der Waals surface area contributed by atoms with E-state index in [0.717, 1.165) is 48.7 Å².